The fourth-order valence-corrected chi connectivity index (χ4v) is 5.54. The molecule has 0 radical (unpaired) electrons. The van der Waals surface area contributed by atoms with Crippen molar-refractivity contribution >= 4 is 40.3 Å². The van der Waals surface area contributed by atoms with E-state index < -0.39 is 6.16 Å². The first-order valence-electron chi connectivity index (χ1n) is 14.4. The molecule has 5 rings (SSSR count). The molecule has 214 valence electrons. The van der Waals surface area contributed by atoms with Gasteiger partial charge in [-0.2, -0.15) is 0 Å². The molecule has 3 heterocycles. The molecule has 3 aromatic rings. The number of amides is 1. The Hall–Kier alpha value is -4.27. The first-order valence-corrected chi connectivity index (χ1v) is 14.4. The van der Waals surface area contributed by atoms with Gasteiger partial charge in [0.2, 0.25) is 0 Å². The Morgan fingerprint density at radius 1 is 0.976 bits per heavy atom. The summed E-state index contributed by atoms with van der Waals surface area (Å²) >= 11 is 0. The zero-order chi connectivity index (χ0) is 28.4. The monoisotopic (exact) mass is 556 g/mol. The minimum absolute atomic E-state index is 0.000300. The van der Waals surface area contributed by atoms with Crippen LogP contribution in [0.2, 0.25) is 0 Å². The Morgan fingerprint density at radius 2 is 1.76 bits per heavy atom. The van der Waals surface area contributed by atoms with Gasteiger partial charge in [-0.1, -0.05) is 60.8 Å². The van der Waals surface area contributed by atoms with Gasteiger partial charge in [0, 0.05) is 39.7 Å². The van der Waals surface area contributed by atoms with Gasteiger partial charge < -0.3 is 14.0 Å². The normalized spacial score (nSPS) is 16.1. The van der Waals surface area contributed by atoms with Crippen LogP contribution in [0.5, 0.6) is 0 Å². The Bertz CT molecular complexity index is 1450. The summed E-state index contributed by atoms with van der Waals surface area (Å²) in [6, 6.07) is 15.8. The molecule has 0 N–H and O–H groups in total. The lowest BCUT2D eigenvalue weighted by atomic mass is 10.0. The van der Waals surface area contributed by atoms with E-state index in [1.165, 1.54) is 19.3 Å². The number of rotatable bonds is 12. The van der Waals surface area contributed by atoms with Crippen LogP contribution in [0.3, 0.4) is 0 Å². The maximum atomic E-state index is 13.7. The predicted octanol–water partition coefficient (Wildman–Crippen LogP) is 6.95. The zero-order valence-electron chi connectivity index (χ0n) is 23.3. The summed E-state index contributed by atoms with van der Waals surface area (Å²) < 4.78 is 12.5. The fraction of sp³-hybridized carbons (Fsp3) is 0.419. The average Bonchev–Trinajstić information content (AvgIpc) is 3.48. The highest BCUT2D eigenvalue weighted by Gasteiger charge is 2.33. The molecule has 0 unspecified atom stereocenters. The van der Waals surface area contributed by atoms with Crippen LogP contribution in [0.1, 0.15) is 56.1 Å². The molecule has 10 nitrogen and oxygen atoms in total. The van der Waals surface area contributed by atoms with E-state index in [4.69, 9.17) is 15.0 Å². The molecule has 0 spiro atoms. The molecule has 1 aromatic heterocycles. The Kier molecular flexibility index (Phi) is 9.57. The number of para-hydroxylation sites is 2. The lowest BCUT2D eigenvalue weighted by Crippen LogP contribution is -2.42. The second kappa shape index (κ2) is 13.9. The summed E-state index contributed by atoms with van der Waals surface area (Å²) in [6.45, 7) is 3.39. The molecule has 0 atom stereocenters. The number of nitrogens with zero attached hydrogens (tertiary/aromatic N) is 6. The number of ether oxygens (including phenoxy) is 2. The Balaban J connectivity index is 1.26. The summed E-state index contributed by atoms with van der Waals surface area (Å²) in [5.41, 5.74) is 12.6. The van der Waals surface area contributed by atoms with Crippen LogP contribution >= 0.6 is 0 Å². The number of anilines is 1. The molecule has 1 amide bonds. The molecule has 2 aromatic carbocycles. The number of piperidine rings is 1. The molecule has 0 saturated carbocycles. The molecule has 2 aliphatic heterocycles. The van der Waals surface area contributed by atoms with Gasteiger partial charge in [-0.05, 0) is 62.5 Å². The highest BCUT2D eigenvalue weighted by Crippen LogP contribution is 2.39. The van der Waals surface area contributed by atoms with Gasteiger partial charge >= 0.3 is 6.16 Å². The second-order valence-electron chi connectivity index (χ2n) is 10.4. The van der Waals surface area contributed by atoms with Crippen molar-refractivity contribution < 1.29 is 19.1 Å². The molecule has 1 saturated heterocycles. The van der Waals surface area contributed by atoms with Crippen molar-refractivity contribution in [1.82, 2.24) is 9.47 Å². The van der Waals surface area contributed by atoms with Gasteiger partial charge in [-0.15, -0.1) is 0 Å². The molecule has 41 heavy (non-hydrogen) atoms. The summed E-state index contributed by atoms with van der Waals surface area (Å²) in [4.78, 5) is 32.9. The van der Waals surface area contributed by atoms with E-state index in [-0.39, 0.29) is 19.2 Å². The van der Waals surface area contributed by atoms with Crippen LogP contribution < -0.4 is 4.90 Å². The largest absolute Gasteiger partial charge is 0.510 e. The number of likely N-dealkylation sites (tertiary alicyclic amines) is 1. The highest BCUT2D eigenvalue weighted by molar-refractivity contribution is 6.36. The number of aromatic nitrogens is 1. The predicted molar refractivity (Wildman–Crippen MR) is 159 cm³/mol. The van der Waals surface area contributed by atoms with E-state index in [1.807, 2.05) is 70.3 Å². The van der Waals surface area contributed by atoms with Crippen molar-refractivity contribution in [3.05, 3.63) is 76.3 Å². The van der Waals surface area contributed by atoms with E-state index in [1.54, 1.807) is 0 Å². The maximum absolute atomic E-state index is 13.7. The van der Waals surface area contributed by atoms with E-state index in [9.17, 15) is 9.59 Å². The number of hydrogen-bond acceptors (Lipinski definition) is 6. The summed E-state index contributed by atoms with van der Waals surface area (Å²) in [5, 5.41) is 4.48. The minimum Gasteiger partial charge on any atom is -0.434 e. The maximum Gasteiger partial charge on any atom is 0.510 e. The van der Waals surface area contributed by atoms with Crippen LogP contribution in [-0.4, -0.2) is 54.4 Å². The number of unbranched alkanes of at least 4 members (excludes halogenated alkanes) is 3. The van der Waals surface area contributed by atoms with Gasteiger partial charge in [0.1, 0.15) is 0 Å². The first-order chi connectivity index (χ1) is 20.2. The SMILES string of the molecule is [N-]=[N+]=NCCCCCCOC(=O)OCn1cc(/C=C2/C(=O)N(CN3CCCCC3)c3ccccc32)c2ccccc21. The summed E-state index contributed by atoms with van der Waals surface area (Å²) in [5.74, 6) is 0.00576. The fourth-order valence-electron chi connectivity index (χ4n) is 5.54. The molecule has 1 fully saturated rings. The molecule has 2 aliphatic rings. The smallest absolute Gasteiger partial charge is 0.434 e. The van der Waals surface area contributed by atoms with Crippen molar-refractivity contribution in [3.8, 4) is 0 Å². The van der Waals surface area contributed by atoms with Gasteiger partial charge in [0.15, 0.2) is 6.73 Å². The summed E-state index contributed by atoms with van der Waals surface area (Å²) in [6.07, 6.45) is 10.1. The van der Waals surface area contributed by atoms with E-state index in [2.05, 4.69) is 14.9 Å². The highest BCUT2D eigenvalue weighted by atomic mass is 16.7. The summed E-state index contributed by atoms with van der Waals surface area (Å²) in [7, 11) is 0. The lowest BCUT2D eigenvalue weighted by Gasteiger charge is -2.30. The van der Waals surface area contributed by atoms with Crippen LogP contribution in [0.25, 0.3) is 33.0 Å². The molecule has 0 bridgehead atoms. The van der Waals surface area contributed by atoms with Crippen LogP contribution in [0, 0.1) is 0 Å². The minimum atomic E-state index is -0.718. The van der Waals surface area contributed by atoms with Crippen molar-refractivity contribution in [2.24, 2.45) is 5.11 Å². The molecular formula is C31H36N6O4. The third kappa shape index (κ3) is 6.90. The van der Waals surface area contributed by atoms with E-state index in [0.717, 1.165) is 66.5 Å². The van der Waals surface area contributed by atoms with Crippen LogP contribution in [0.15, 0.2) is 59.8 Å². The number of carbonyl (C=O) groups excluding carboxylic acids is 2. The van der Waals surface area contributed by atoms with E-state index in [0.29, 0.717) is 18.8 Å². The standard InChI is InChI=1S/C31H36N6O4/c32-34-33-16-8-1-2-11-19-40-31(39)41-23-36-21-24(25-12-4-6-14-28(25)36)20-27-26-13-5-7-15-29(26)37(30(27)38)22-35-17-9-3-10-18-35/h4-7,12-15,20-21H,1-3,8-11,16-19,22-23H2/b27-20+. The first kappa shape index (κ1) is 28.3. The van der Waals surface area contributed by atoms with Crippen molar-refractivity contribution in [2.75, 3.05) is 37.8 Å². The molecule has 10 heteroatoms. The van der Waals surface area contributed by atoms with Crippen molar-refractivity contribution in [3.63, 3.8) is 0 Å². The molecular weight excluding hydrogens is 520 g/mol. The average molecular weight is 557 g/mol. The quantitative estimate of drug-likeness (QED) is 0.0598. The topological polar surface area (TPSA) is 113 Å². The Labute approximate surface area is 239 Å². The van der Waals surface area contributed by atoms with E-state index >= 15 is 0 Å². The van der Waals surface area contributed by atoms with Crippen molar-refractivity contribution in [1.29, 1.82) is 0 Å². The van der Waals surface area contributed by atoms with Gasteiger partial charge in [0.05, 0.1) is 24.5 Å². The second-order valence-corrected chi connectivity index (χ2v) is 10.4. The molecule has 0 aliphatic carbocycles. The van der Waals surface area contributed by atoms with Crippen LogP contribution in [0.4, 0.5) is 10.5 Å². The number of carbonyl (C=O) groups is 2. The Morgan fingerprint density at radius 3 is 2.61 bits per heavy atom. The lowest BCUT2D eigenvalue weighted by molar-refractivity contribution is -0.113. The third-order valence-corrected chi connectivity index (χ3v) is 7.63. The number of benzene rings is 2. The number of azide groups is 1. The zero-order valence-corrected chi connectivity index (χ0v) is 23.3. The number of fused-ring (bicyclic) bond motifs is 2. The number of hydrogen-bond donors (Lipinski definition) is 0. The van der Waals surface area contributed by atoms with Gasteiger partial charge in [-0.3, -0.25) is 14.6 Å². The van der Waals surface area contributed by atoms with Gasteiger partial charge in [-0.25, -0.2) is 4.79 Å². The van der Waals surface area contributed by atoms with Gasteiger partial charge in [0.25, 0.3) is 5.91 Å². The van der Waals surface area contributed by atoms with Crippen LogP contribution in [-0.2, 0) is 21.0 Å². The van der Waals surface area contributed by atoms with Crippen molar-refractivity contribution in [2.45, 2.75) is 51.7 Å². The third-order valence-electron chi connectivity index (χ3n) is 7.63.